The molecule has 7 nitrogen and oxygen atoms in total. The predicted molar refractivity (Wildman–Crippen MR) is 99.7 cm³/mol. The molecular weight excluding hydrogens is 406 g/mol. The minimum absolute atomic E-state index is 0.142. The van der Waals surface area contributed by atoms with Crippen molar-refractivity contribution in [1.82, 2.24) is 19.7 Å². The highest BCUT2D eigenvalue weighted by Gasteiger charge is 2.49. The van der Waals surface area contributed by atoms with Gasteiger partial charge in [-0.1, -0.05) is 0 Å². The van der Waals surface area contributed by atoms with Crippen molar-refractivity contribution in [3.63, 3.8) is 0 Å². The van der Waals surface area contributed by atoms with Crippen LogP contribution in [-0.4, -0.2) is 37.9 Å². The van der Waals surface area contributed by atoms with E-state index in [2.05, 4.69) is 20.4 Å². The summed E-state index contributed by atoms with van der Waals surface area (Å²) in [5.41, 5.74) is -1.68. The van der Waals surface area contributed by atoms with Gasteiger partial charge in [0, 0.05) is 17.7 Å². The molecule has 1 N–H and O–H groups in total. The largest absolute Gasteiger partial charge is 0.478 e. The first-order chi connectivity index (χ1) is 14.0. The van der Waals surface area contributed by atoms with Crippen molar-refractivity contribution < 1.29 is 27.1 Å². The Hall–Kier alpha value is -3.50. The van der Waals surface area contributed by atoms with E-state index in [-0.39, 0.29) is 22.8 Å². The number of nitrogens with zero attached hydrogens (tertiary/aromatic N) is 4. The van der Waals surface area contributed by atoms with Crippen LogP contribution >= 0.6 is 0 Å². The summed E-state index contributed by atoms with van der Waals surface area (Å²) in [6.45, 7) is 3.38. The number of carbonyl (C=O) groups excluding carboxylic acids is 1. The summed E-state index contributed by atoms with van der Waals surface area (Å²) < 4.78 is 60.1. The Kier molecular flexibility index (Phi) is 5.47. The van der Waals surface area contributed by atoms with Gasteiger partial charge in [-0.25, -0.2) is 19.0 Å². The number of anilines is 1. The van der Waals surface area contributed by atoms with Gasteiger partial charge in [0.1, 0.15) is 23.1 Å². The first kappa shape index (κ1) is 21.2. The quantitative estimate of drug-likeness (QED) is 0.478. The molecule has 3 aromatic rings. The zero-order valence-corrected chi connectivity index (χ0v) is 16.2. The van der Waals surface area contributed by atoms with E-state index < -0.39 is 17.6 Å². The Labute approximate surface area is 168 Å². The van der Waals surface area contributed by atoms with Crippen molar-refractivity contribution in [1.29, 1.82) is 0 Å². The number of halogens is 4. The summed E-state index contributed by atoms with van der Waals surface area (Å²) in [5.74, 6) is -0.471. The molecule has 2 aromatic heterocycles. The van der Waals surface area contributed by atoms with Crippen LogP contribution in [0, 0.1) is 12.7 Å². The number of carbonyl (C=O) groups is 1. The van der Waals surface area contributed by atoms with Crippen LogP contribution in [0.1, 0.15) is 19.7 Å². The first-order valence-electron chi connectivity index (χ1n) is 8.66. The number of amides is 1. The number of hydrogen-bond acceptors (Lipinski definition) is 5. The van der Waals surface area contributed by atoms with Crippen LogP contribution in [0.15, 0.2) is 36.7 Å². The van der Waals surface area contributed by atoms with Gasteiger partial charge >= 0.3 is 6.18 Å². The molecule has 11 heteroatoms. The average Bonchev–Trinajstić information content (AvgIpc) is 3.05. The van der Waals surface area contributed by atoms with Crippen LogP contribution in [0.3, 0.4) is 0 Å². The number of aromatic nitrogens is 4. The Morgan fingerprint density at radius 3 is 2.37 bits per heavy atom. The SMILES string of the molecule is Cc1ncc(-n2nc(NC=O)cc2-c2cc(F)cc(OC(C)(C)C(F)(F)F)c2)cn1. The number of benzene rings is 1. The standard InChI is InChI=1S/C19H17F4N5O2/c1-11-24-8-14(9-25-11)28-16(7-17(27-28)26-10-29)12-4-13(20)6-15(5-12)30-18(2,3)19(21,22)23/h4-10H,1-3H3,(H,26,27,29). The van der Waals surface area contributed by atoms with E-state index in [9.17, 15) is 22.4 Å². The van der Waals surface area contributed by atoms with Gasteiger partial charge in [-0.15, -0.1) is 5.10 Å². The molecular formula is C19H17F4N5O2. The van der Waals surface area contributed by atoms with E-state index in [1.54, 1.807) is 6.92 Å². The highest BCUT2D eigenvalue weighted by atomic mass is 19.4. The summed E-state index contributed by atoms with van der Waals surface area (Å²) in [4.78, 5) is 18.9. The lowest BCUT2D eigenvalue weighted by molar-refractivity contribution is -0.234. The second-order valence-electron chi connectivity index (χ2n) is 6.86. The van der Waals surface area contributed by atoms with Crippen molar-refractivity contribution in [2.75, 3.05) is 5.32 Å². The Morgan fingerprint density at radius 1 is 1.10 bits per heavy atom. The summed E-state index contributed by atoms with van der Waals surface area (Å²) in [7, 11) is 0. The molecule has 0 saturated heterocycles. The second-order valence-corrected chi connectivity index (χ2v) is 6.86. The molecule has 0 aliphatic rings. The van der Waals surface area contributed by atoms with Crippen molar-refractivity contribution in [3.05, 3.63) is 48.3 Å². The van der Waals surface area contributed by atoms with Gasteiger partial charge in [0.05, 0.1) is 18.1 Å². The minimum Gasteiger partial charge on any atom is -0.478 e. The van der Waals surface area contributed by atoms with Crippen molar-refractivity contribution in [2.24, 2.45) is 0 Å². The minimum atomic E-state index is -4.67. The molecule has 0 aliphatic heterocycles. The predicted octanol–water partition coefficient (Wildman–Crippen LogP) is 4.06. The maximum Gasteiger partial charge on any atom is 0.427 e. The van der Waals surface area contributed by atoms with E-state index in [4.69, 9.17) is 4.74 Å². The molecule has 0 aliphatic carbocycles. The average molecular weight is 423 g/mol. The summed E-state index contributed by atoms with van der Waals surface area (Å²) in [6, 6.07) is 4.66. The van der Waals surface area contributed by atoms with E-state index in [1.165, 1.54) is 29.2 Å². The fourth-order valence-corrected chi connectivity index (χ4v) is 2.53. The molecule has 0 saturated carbocycles. The number of ether oxygens (including phenoxy) is 1. The molecule has 0 fully saturated rings. The second kappa shape index (κ2) is 7.73. The summed E-state index contributed by atoms with van der Waals surface area (Å²) in [6.07, 6.45) is -1.32. The van der Waals surface area contributed by atoms with Crippen LogP contribution in [0.25, 0.3) is 16.9 Å². The zero-order chi connectivity index (χ0) is 22.1. The van der Waals surface area contributed by atoms with Crippen LogP contribution in [-0.2, 0) is 4.79 Å². The molecule has 1 aromatic carbocycles. The number of aryl methyl sites for hydroxylation is 1. The molecule has 0 bridgehead atoms. The Bertz CT molecular complexity index is 1060. The molecule has 0 atom stereocenters. The van der Waals surface area contributed by atoms with Gasteiger partial charge < -0.3 is 10.1 Å². The van der Waals surface area contributed by atoms with E-state index >= 15 is 0 Å². The van der Waals surface area contributed by atoms with Gasteiger partial charge in [0.25, 0.3) is 0 Å². The van der Waals surface area contributed by atoms with E-state index in [0.29, 0.717) is 17.9 Å². The van der Waals surface area contributed by atoms with E-state index in [1.807, 2.05) is 0 Å². The molecule has 1 amide bonds. The lowest BCUT2D eigenvalue weighted by atomic mass is 10.1. The number of nitrogens with one attached hydrogen (secondary N) is 1. The van der Waals surface area contributed by atoms with Crippen LogP contribution < -0.4 is 10.1 Å². The molecule has 0 radical (unpaired) electrons. The smallest absolute Gasteiger partial charge is 0.427 e. The fourth-order valence-electron chi connectivity index (χ4n) is 2.53. The third-order valence-electron chi connectivity index (χ3n) is 4.15. The maximum atomic E-state index is 14.2. The number of alkyl halides is 3. The van der Waals surface area contributed by atoms with Gasteiger partial charge in [0.2, 0.25) is 6.41 Å². The normalized spacial score (nSPS) is 12.0. The topological polar surface area (TPSA) is 81.9 Å². The van der Waals surface area contributed by atoms with Gasteiger partial charge in [-0.2, -0.15) is 13.2 Å². The molecule has 0 spiro atoms. The highest BCUT2D eigenvalue weighted by molar-refractivity contribution is 5.74. The van der Waals surface area contributed by atoms with Crippen LogP contribution in [0.5, 0.6) is 5.75 Å². The molecule has 0 unspecified atom stereocenters. The molecule has 158 valence electrons. The van der Waals surface area contributed by atoms with Crippen molar-refractivity contribution in [3.8, 4) is 22.7 Å². The Morgan fingerprint density at radius 2 is 1.77 bits per heavy atom. The first-order valence-corrected chi connectivity index (χ1v) is 8.66. The van der Waals surface area contributed by atoms with E-state index in [0.717, 1.165) is 26.0 Å². The monoisotopic (exact) mass is 423 g/mol. The summed E-state index contributed by atoms with van der Waals surface area (Å²) in [5, 5.41) is 6.58. The third kappa shape index (κ3) is 4.39. The van der Waals surface area contributed by atoms with Crippen molar-refractivity contribution in [2.45, 2.75) is 32.5 Å². The van der Waals surface area contributed by atoms with Gasteiger partial charge in [0.15, 0.2) is 11.4 Å². The van der Waals surface area contributed by atoms with Crippen LogP contribution in [0.2, 0.25) is 0 Å². The van der Waals surface area contributed by atoms with Crippen molar-refractivity contribution >= 4 is 12.2 Å². The molecule has 3 rings (SSSR count). The lowest BCUT2D eigenvalue weighted by Gasteiger charge is -2.29. The molecule has 30 heavy (non-hydrogen) atoms. The number of rotatable bonds is 6. The number of hydrogen-bond donors (Lipinski definition) is 1. The highest BCUT2D eigenvalue weighted by Crippen LogP contribution is 2.36. The zero-order valence-electron chi connectivity index (χ0n) is 16.2. The molecule has 2 heterocycles. The summed E-state index contributed by atoms with van der Waals surface area (Å²) >= 11 is 0. The van der Waals surface area contributed by atoms with Crippen LogP contribution in [0.4, 0.5) is 23.4 Å². The van der Waals surface area contributed by atoms with Gasteiger partial charge in [-0.05, 0) is 32.9 Å². The third-order valence-corrected chi connectivity index (χ3v) is 4.15. The maximum absolute atomic E-state index is 14.2. The fraction of sp³-hybridized carbons (Fsp3) is 0.263. The lowest BCUT2D eigenvalue weighted by Crippen LogP contribution is -2.44. The van der Waals surface area contributed by atoms with Gasteiger partial charge in [-0.3, -0.25) is 4.79 Å². The Balaban J connectivity index is 2.10.